The van der Waals surface area contributed by atoms with Crippen molar-refractivity contribution in [1.82, 2.24) is 5.32 Å². The van der Waals surface area contributed by atoms with Gasteiger partial charge < -0.3 is 20.8 Å². The summed E-state index contributed by atoms with van der Waals surface area (Å²) in [4.78, 5) is 33.2. The number of carbonyl (C=O) groups is 3. The first-order valence-corrected chi connectivity index (χ1v) is 5.59. The fourth-order valence-corrected chi connectivity index (χ4v) is 1.89. The molecule has 1 unspecified atom stereocenters. The van der Waals surface area contributed by atoms with Gasteiger partial charge in [0.1, 0.15) is 6.04 Å². The van der Waals surface area contributed by atoms with Crippen molar-refractivity contribution in [3.8, 4) is 0 Å². The highest BCUT2D eigenvalue weighted by atomic mass is 16.4. The van der Waals surface area contributed by atoms with Crippen LogP contribution in [0.25, 0.3) is 0 Å². The molecular weight excluding hydrogens is 252 g/mol. The lowest BCUT2D eigenvalue weighted by Gasteiger charge is -2.14. The fraction of sp³-hybridized carbons (Fsp3) is 0.250. The second-order valence-electron chi connectivity index (χ2n) is 4.19. The number of nitrogens with one attached hydrogen (secondary N) is 2. The van der Waals surface area contributed by atoms with Crippen molar-refractivity contribution >= 4 is 23.5 Å². The van der Waals surface area contributed by atoms with Crippen molar-refractivity contribution in [2.24, 2.45) is 0 Å². The molecule has 0 aliphatic carbocycles. The predicted octanol–water partition coefficient (Wildman–Crippen LogP) is 0.270. The lowest BCUT2D eigenvalue weighted by Crippen LogP contribution is -2.38. The molecule has 1 aliphatic rings. The number of aromatic carboxylic acids is 1. The Hall–Kier alpha value is -2.57. The second kappa shape index (κ2) is 4.97. The number of rotatable bonds is 3. The van der Waals surface area contributed by atoms with Crippen LogP contribution in [0.15, 0.2) is 18.2 Å². The van der Waals surface area contributed by atoms with E-state index in [1.165, 1.54) is 18.2 Å². The first kappa shape index (κ1) is 12.9. The van der Waals surface area contributed by atoms with E-state index in [0.717, 1.165) is 0 Å². The zero-order valence-electron chi connectivity index (χ0n) is 9.84. The molecule has 1 atom stereocenters. The number of carboxylic acids is 2. The first-order valence-electron chi connectivity index (χ1n) is 5.59. The number of hydrogen-bond acceptors (Lipinski definition) is 4. The molecule has 0 radical (unpaired) electrons. The highest BCUT2D eigenvalue weighted by molar-refractivity contribution is 5.92. The van der Waals surface area contributed by atoms with E-state index in [1.54, 1.807) is 0 Å². The van der Waals surface area contributed by atoms with Gasteiger partial charge in [-0.15, -0.1) is 0 Å². The third-order valence-corrected chi connectivity index (χ3v) is 2.83. The molecule has 7 nitrogen and oxygen atoms in total. The van der Waals surface area contributed by atoms with E-state index in [4.69, 9.17) is 10.2 Å². The Morgan fingerprint density at radius 2 is 2.05 bits per heavy atom. The van der Waals surface area contributed by atoms with Crippen molar-refractivity contribution in [3.63, 3.8) is 0 Å². The molecule has 0 spiro atoms. The quantitative estimate of drug-likeness (QED) is 0.622. The van der Waals surface area contributed by atoms with Crippen molar-refractivity contribution in [2.75, 3.05) is 5.32 Å². The third kappa shape index (κ3) is 2.82. The molecule has 7 heteroatoms. The molecule has 0 fully saturated rings. The maximum absolute atomic E-state index is 11.7. The normalized spacial score (nSPS) is 17.7. The SMILES string of the molecule is O=C(O)CC1Nc2ccc(C(=O)O)cc2CNC1=O. The number of benzene rings is 1. The standard InChI is InChI=1S/C12H12N2O5/c15-10(16)4-9-11(17)13-5-7-3-6(12(18)19)1-2-8(7)14-9/h1-3,9,14H,4-5H2,(H,13,17)(H,15,16)(H,18,19). The van der Waals surface area contributed by atoms with Crippen LogP contribution in [0.3, 0.4) is 0 Å². The van der Waals surface area contributed by atoms with Gasteiger partial charge >= 0.3 is 11.9 Å². The summed E-state index contributed by atoms with van der Waals surface area (Å²) in [5, 5.41) is 23.0. The second-order valence-corrected chi connectivity index (χ2v) is 4.19. The minimum absolute atomic E-state index is 0.117. The number of carboxylic acid groups (broad SMARTS) is 2. The molecule has 0 saturated heterocycles. The Bertz CT molecular complexity index is 555. The number of anilines is 1. The van der Waals surface area contributed by atoms with Gasteiger partial charge in [0.05, 0.1) is 12.0 Å². The Morgan fingerprint density at radius 1 is 1.32 bits per heavy atom. The number of amides is 1. The molecule has 1 aromatic rings. The smallest absolute Gasteiger partial charge is 0.335 e. The lowest BCUT2D eigenvalue weighted by atomic mass is 10.1. The van der Waals surface area contributed by atoms with E-state index in [9.17, 15) is 14.4 Å². The molecule has 4 N–H and O–H groups in total. The van der Waals surface area contributed by atoms with Crippen molar-refractivity contribution in [2.45, 2.75) is 19.0 Å². The first-order chi connectivity index (χ1) is 8.97. The summed E-state index contributed by atoms with van der Waals surface area (Å²) in [5.74, 6) is -2.56. The van der Waals surface area contributed by atoms with Crippen molar-refractivity contribution in [3.05, 3.63) is 29.3 Å². The highest BCUT2D eigenvalue weighted by Crippen LogP contribution is 2.21. The van der Waals surface area contributed by atoms with Gasteiger partial charge in [-0.25, -0.2) is 4.79 Å². The molecular formula is C12H12N2O5. The number of hydrogen-bond donors (Lipinski definition) is 4. The Morgan fingerprint density at radius 3 is 2.68 bits per heavy atom. The van der Waals surface area contributed by atoms with E-state index in [-0.39, 0.29) is 18.5 Å². The van der Waals surface area contributed by atoms with Crippen molar-refractivity contribution < 1.29 is 24.6 Å². The zero-order chi connectivity index (χ0) is 14.0. The van der Waals surface area contributed by atoms with Gasteiger partial charge in [0.25, 0.3) is 0 Å². The summed E-state index contributed by atoms with van der Waals surface area (Å²) in [6, 6.07) is 3.53. The van der Waals surface area contributed by atoms with Crippen LogP contribution >= 0.6 is 0 Å². The van der Waals surface area contributed by atoms with Crippen LogP contribution in [0.5, 0.6) is 0 Å². The Labute approximate surface area is 108 Å². The molecule has 100 valence electrons. The molecule has 1 heterocycles. The minimum atomic E-state index is -1.08. The molecule has 2 rings (SSSR count). The van der Waals surface area contributed by atoms with Crippen molar-refractivity contribution in [1.29, 1.82) is 0 Å². The van der Waals surface area contributed by atoms with Crippen LogP contribution in [-0.2, 0) is 16.1 Å². The minimum Gasteiger partial charge on any atom is -0.481 e. The summed E-state index contributed by atoms with van der Waals surface area (Å²) >= 11 is 0. The molecule has 0 bridgehead atoms. The maximum atomic E-state index is 11.7. The predicted molar refractivity (Wildman–Crippen MR) is 64.9 cm³/mol. The van der Waals surface area contributed by atoms with Gasteiger partial charge in [-0.3, -0.25) is 9.59 Å². The Balaban J connectivity index is 2.30. The molecule has 1 aliphatic heterocycles. The molecule has 0 saturated carbocycles. The van der Waals surface area contributed by atoms with Crippen LogP contribution in [-0.4, -0.2) is 34.1 Å². The molecule has 0 aromatic heterocycles. The van der Waals surface area contributed by atoms with E-state index < -0.39 is 23.9 Å². The maximum Gasteiger partial charge on any atom is 0.335 e. The summed E-state index contributed by atoms with van der Waals surface area (Å²) in [6.07, 6.45) is -0.341. The van der Waals surface area contributed by atoms with E-state index >= 15 is 0 Å². The van der Waals surface area contributed by atoms with E-state index in [2.05, 4.69) is 10.6 Å². The van der Waals surface area contributed by atoms with Crippen LogP contribution in [0, 0.1) is 0 Å². The van der Waals surface area contributed by atoms with Gasteiger partial charge in [-0.05, 0) is 23.8 Å². The van der Waals surface area contributed by atoms with Crippen LogP contribution in [0.4, 0.5) is 5.69 Å². The monoisotopic (exact) mass is 264 g/mol. The lowest BCUT2D eigenvalue weighted by molar-refractivity contribution is -0.139. The number of carbonyl (C=O) groups excluding carboxylic acids is 1. The molecule has 1 amide bonds. The summed E-state index contributed by atoms with van der Waals surface area (Å²) in [5.41, 5.74) is 1.29. The topological polar surface area (TPSA) is 116 Å². The van der Waals surface area contributed by atoms with E-state index in [0.29, 0.717) is 11.3 Å². The van der Waals surface area contributed by atoms with Gasteiger partial charge in [0, 0.05) is 12.2 Å². The zero-order valence-corrected chi connectivity index (χ0v) is 9.84. The largest absolute Gasteiger partial charge is 0.481 e. The Kier molecular flexibility index (Phi) is 3.37. The molecule has 1 aromatic carbocycles. The third-order valence-electron chi connectivity index (χ3n) is 2.83. The van der Waals surface area contributed by atoms with Gasteiger partial charge in [0.15, 0.2) is 0 Å². The van der Waals surface area contributed by atoms with Crippen LogP contribution in [0.2, 0.25) is 0 Å². The summed E-state index contributed by atoms with van der Waals surface area (Å²) in [7, 11) is 0. The average Bonchev–Trinajstić information content (AvgIpc) is 2.49. The van der Waals surface area contributed by atoms with Gasteiger partial charge in [-0.1, -0.05) is 0 Å². The number of aliphatic carboxylic acids is 1. The van der Waals surface area contributed by atoms with E-state index in [1.807, 2.05) is 0 Å². The summed E-state index contributed by atoms with van der Waals surface area (Å²) in [6.45, 7) is 0.165. The fourth-order valence-electron chi connectivity index (χ4n) is 1.89. The number of fused-ring (bicyclic) bond motifs is 1. The molecule has 19 heavy (non-hydrogen) atoms. The van der Waals surface area contributed by atoms with Gasteiger partial charge in [0.2, 0.25) is 5.91 Å². The van der Waals surface area contributed by atoms with Crippen LogP contribution < -0.4 is 10.6 Å². The summed E-state index contributed by atoms with van der Waals surface area (Å²) < 4.78 is 0. The average molecular weight is 264 g/mol. The van der Waals surface area contributed by atoms with Gasteiger partial charge in [-0.2, -0.15) is 0 Å². The highest BCUT2D eigenvalue weighted by Gasteiger charge is 2.25. The van der Waals surface area contributed by atoms with Crippen LogP contribution in [0.1, 0.15) is 22.3 Å².